The van der Waals surface area contributed by atoms with Crippen molar-refractivity contribution in [3.8, 4) is 62.9 Å². The van der Waals surface area contributed by atoms with E-state index in [0.29, 0.717) is 34.4 Å². The van der Waals surface area contributed by atoms with Gasteiger partial charge in [0.2, 0.25) is 0 Å². The van der Waals surface area contributed by atoms with Gasteiger partial charge in [0.05, 0.1) is 33.1 Å². The van der Waals surface area contributed by atoms with Crippen LogP contribution >= 0.6 is 11.3 Å². The number of aromatic nitrogens is 5. The van der Waals surface area contributed by atoms with Crippen LogP contribution in [0.2, 0.25) is 0 Å². The molecule has 10 rings (SSSR count). The Labute approximate surface area is 301 Å². The quantitative estimate of drug-likeness (QED) is 0.178. The highest BCUT2D eigenvalue weighted by molar-refractivity contribution is 7.26. The SMILES string of the molecule is N#Cc1cccc(-c2nc(-c3cccc4c3oc3ccc(-c5nc(-c6ccccc6)nc(-c6ccccc6)n5)cc34)nc3c2sc2ccccc23)c1. The monoisotopic (exact) mass is 684 g/mol. The molecular weight excluding hydrogens is 661 g/mol. The fourth-order valence-corrected chi connectivity index (χ4v) is 7.85. The molecule has 0 saturated carbocycles. The Balaban J connectivity index is 1.16. The number of hydrogen-bond donors (Lipinski definition) is 0. The molecule has 7 nitrogen and oxygen atoms in total. The Morgan fingerprint density at radius 2 is 1.15 bits per heavy atom. The molecule has 242 valence electrons. The van der Waals surface area contributed by atoms with Gasteiger partial charge in [-0.3, -0.25) is 0 Å². The zero-order chi connectivity index (χ0) is 34.6. The first-order valence-corrected chi connectivity index (χ1v) is 17.5. The second kappa shape index (κ2) is 12.1. The van der Waals surface area contributed by atoms with Crippen LogP contribution in [0.15, 0.2) is 150 Å². The average molecular weight is 685 g/mol. The molecule has 0 amide bonds. The highest BCUT2D eigenvalue weighted by atomic mass is 32.1. The van der Waals surface area contributed by atoms with Gasteiger partial charge in [-0.05, 0) is 42.5 Å². The maximum Gasteiger partial charge on any atom is 0.164 e. The molecule has 0 aliphatic heterocycles. The van der Waals surface area contributed by atoms with Crippen LogP contribution in [0.25, 0.3) is 99.1 Å². The first-order valence-electron chi connectivity index (χ1n) is 16.7. The van der Waals surface area contributed by atoms with Gasteiger partial charge in [-0.2, -0.15) is 5.26 Å². The van der Waals surface area contributed by atoms with Gasteiger partial charge in [0.25, 0.3) is 0 Å². The molecule has 0 aliphatic carbocycles. The number of benzene rings is 6. The molecule has 0 aliphatic rings. The highest BCUT2D eigenvalue weighted by Gasteiger charge is 2.21. The molecule has 0 bridgehead atoms. The van der Waals surface area contributed by atoms with Crippen molar-refractivity contribution < 1.29 is 4.42 Å². The predicted octanol–water partition coefficient (Wildman–Crippen LogP) is 11.1. The fourth-order valence-electron chi connectivity index (χ4n) is 6.69. The second-order valence-electron chi connectivity index (χ2n) is 12.4. The molecule has 0 radical (unpaired) electrons. The summed E-state index contributed by atoms with van der Waals surface area (Å²) in [6.07, 6.45) is 0. The van der Waals surface area contributed by atoms with E-state index in [1.165, 1.54) is 0 Å². The molecule has 8 heteroatoms. The number of furan rings is 1. The lowest BCUT2D eigenvalue weighted by Gasteiger charge is -2.08. The fraction of sp³-hybridized carbons (Fsp3) is 0. The largest absolute Gasteiger partial charge is 0.455 e. The van der Waals surface area contributed by atoms with Crippen LogP contribution in [-0.2, 0) is 0 Å². The summed E-state index contributed by atoms with van der Waals surface area (Å²) in [5, 5.41) is 12.6. The zero-order valence-corrected chi connectivity index (χ0v) is 28.2. The molecule has 4 aromatic heterocycles. The molecule has 6 aromatic carbocycles. The van der Waals surface area contributed by atoms with Crippen LogP contribution < -0.4 is 0 Å². The molecule has 10 aromatic rings. The second-order valence-corrected chi connectivity index (χ2v) is 13.5. The van der Waals surface area contributed by atoms with Crippen molar-refractivity contribution >= 4 is 53.6 Å². The van der Waals surface area contributed by atoms with Crippen molar-refractivity contribution in [2.24, 2.45) is 0 Å². The van der Waals surface area contributed by atoms with Gasteiger partial charge < -0.3 is 4.42 Å². The van der Waals surface area contributed by atoms with Crippen LogP contribution in [0.4, 0.5) is 0 Å². The first-order chi connectivity index (χ1) is 25.7. The summed E-state index contributed by atoms with van der Waals surface area (Å²) >= 11 is 1.66. The van der Waals surface area contributed by atoms with E-state index in [9.17, 15) is 5.26 Å². The number of nitrogens with zero attached hydrogens (tertiary/aromatic N) is 6. The minimum atomic E-state index is 0.552. The smallest absolute Gasteiger partial charge is 0.164 e. The Kier molecular flexibility index (Phi) is 6.91. The van der Waals surface area contributed by atoms with E-state index < -0.39 is 0 Å². The highest BCUT2D eigenvalue weighted by Crippen LogP contribution is 2.42. The third-order valence-corrected chi connectivity index (χ3v) is 10.3. The third kappa shape index (κ3) is 4.99. The maximum atomic E-state index is 9.68. The lowest BCUT2D eigenvalue weighted by Crippen LogP contribution is -2.00. The molecule has 0 N–H and O–H groups in total. The van der Waals surface area contributed by atoms with Crippen LogP contribution in [0.5, 0.6) is 0 Å². The lowest BCUT2D eigenvalue weighted by molar-refractivity contribution is 0.669. The summed E-state index contributed by atoms with van der Waals surface area (Å²) in [5.41, 5.74) is 7.97. The maximum absolute atomic E-state index is 9.68. The molecular formula is C44H24N6OS. The summed E-state index contributed by atoms with van der Waals surface area (Å²) < 4.78 is 8.71. The number of hydrogen-bond acceptors (Lipinski definition) is 8. The van der Waals surface area contributed by atoms with E-state index in [1.54, 1.807) is 17.4 Å². The molecule has 4 heterocycles. The van der Waals surface area contributed by atoms with Crippen molar-refractivity contribution in [2.45, 2.75) is 0 Å². The van der Waals surface area contributed by atoms with Gasteiger partial charge in [-0.15, -0.1) is 11.3 Å². The summed E-state index contributed by atoms with van der Waals surface area (Å²) in [5.74, 6) is 2.33. The normalized spacial score (nSPS) is 11.4. The van der Waals surface area contributed by atoms with Crippen LogP contribution in [0, 0.1) is 11.3 Å². The van der Waals surface area contributed by atoms with E-state index in [-0.39, 0.29) is 0 Å². The zero-order valence-electron chi connectivity index (χ0n) is 27.4. The van der Waals surface area contributed by atoms with Gasteiger partial charge in [-0.25, -0.2) is 24.9 Å². The molecule has 52 heavy (non-hydrogen) atoms. The van der Waals surface area contributed by atoms with Gasteiger partial charge in [0, 0.05) is 43.1 Å². The Bertz CT molecular complexity index is 2980. The number of rotatable bonds is 5. The average Bonchev–Trinajstić information content (AvgIpc) is 3.79. The number of fused-ring (bicyclic) bond motifs is 6. The lowest BCUT2D eigenvalue weighted by atomic mass is 10.0. The molecule has 0 fully saturated rings. The van der Waals surface area contributed by atoms with Gasteiger partial charge in [-0.1, -0.05) is 103 Å². The van der Waals surface area contributed by atoms with Crippen molar-refractivity contribution in [1.82, 2.24) is 24.9 Å². The Hall–Kier alpha value is -7.08. The van der Waals surface area contributed by atoms with Crippen molar-refractivity contribution in [1.29, 1.82) is 5.26 Å². The van der Waals surface area contributed by atoms with Crippen LogP contribution in [0.1, 0.15) is 5.56 Å². The number of nitriles is 1. The van der Waals surface area contributed by atoms with Crippen LogP contribution in [-0.4, -0.2) is 24.9 Å². The van der Waals surface area contributed by atoms with E-state index in [0.717, 1.165) is 70.2 Å². The van der Waals surface area contributed by atoms with E-state index in [4.69, 9.17) is 29.3 Å². The van der Waals surface area contributed by atoms with Crippen molar-refractivity contribution in [3.63, 3.8) is 0 Å². The van der Waals surface area contributed by atoms with E-state index >= 15 is 0 Å². The minimum Gasteiger partial charge on any atom is -0.455 e. The van der Waals surface area contributed by atoms with E-state index in [2.05, 4.69) is 30.3 Å². The molecule has 0 unspecified atom stereocenters. The summed E-state index contributed by atoms with van der Waals surface area (Å²) in [7, 11) is 0. The molecule has 0 spiro atoms. The van der Waals surface area contributed by atoms with Gasteiger partial charge >= 0.3 is 0 Å². The standard InChI is InChI=1S/C44H24N6OS/c45-25-26-11-9-16-29(23-26)37-40-38(32-17-7-8-20-36(32)52-40)47-44(46-37)33-19-10-18-31-34-24-30(21-22-35(34)51-39(31)33)43-49-41(27-12-3-1-4-13-27)48-42(50-43)28-14-5-2-6-15-28/h1-24H. The first kappa shape index (κ1) is 29.8. The van der Waals surface area contributed by atoms with Crippen LogP contribution in [0.3, 0.4) is 0 Å². The number of thiophene rings is 1. The van der Waals surface area contributed by atoms with Gasteiger partial charge in [0.1, 0.15) is 11.2 Å². The Morgan fingerprint density at radius 1 is 0.500 bits per heavy atom. The Morgan fingerprint density at radius 3 is 1.90 bits per heavy atom. The number of para-hydroxylation sites is 1. The molecule has 0 atom stereocenters. The van der Waals surface area contributed by atoms with Crippen molar-refractivity contribution in [3.05, 3.63) is 151 Å². The van der Waals surface area contributed by atoms with Gasteiger partial charge in [0.15, 0.2) is 23.3 Å². The topological polar surface area (TPSA) is 101 Å². The predicted molar refractivity (Wildman–Crippen MR) is 207 cm³/mol. The third-order valence-electron chi connectivity index (χ3n) is 9.18. The van der Waals surface area contributed by atoms with Crippen molar-refractivity contribution in [2.75, 3.05) is 0 Å². The summed E-state index contributed by atoms with van der Waals surface area (Å²) in [6, 6.07) is 50.1. The summed E-state index contributed by atoms with van der Waals surface area (Å²) in [4.78, 5) is 25.1. The minimum absolute atomic E-state index is 0.552. The summed E-state index contributed by atoms with van der Waals surface area (Å²) in [6.45, 7) is 0. The van der Waals surface area contributed by atoms with E-state index in [1.807, 2.05) is 115 Å². The molecule has 0 saturated heterocycles.